The van der Waals surface area contributed by atoms with Gasteiger partial charge in [-0.3, -0.25) is 0 Å². The highest BCUT2D eigenvalue weighted by atomic mass is 16.3. The maximum atomic E-state index is 10.0. The van der Waals surface area contributed by atoms with Gasteiger partial charge >= 0.3 is 0 Å². The molecule has 4 aromatic carbocycles. The van der Waals surface area contributed by atoms with Crippen LogP contribution in [0.15, 0.2) is 84.9 Å². The third kappa shape index (κ3) is 3.12. The highest BCUT2D eigenvalue weighted by Gasteiger charge is 2.10. The molecule has 28 heavy (non-hydrogen) atoms. The first kappa shape index (κ1) is 17.5. The predicted molar refractivity (Wildman–Crippen MR) is 109 cm³/mol. The first-order valence-corrected chi connectivity index (χ1v) is 8.78. The molecule has 0 saturated carbocycles. The molecule has 4 aromatic rings. The van der Waals surface area contributed by atoms with E-state index in [1.165, 1.54) is 12.1 Å². The van der Waals surface area contributed by atoms with Gasteiger partial charge in [0.2, 0.25) is 0 Å². The fourth-order valence-electron chi connectivity index (χ4n) is 3.21. The van der Waals surface area contributed by atoms with E-state index in [0.29, 0.717) is 11.1 Å². The van der Waals surface area contributed by atoms with Crippen LogP contribution in [0.1, 0.15) is 0 Å². The van der Waals surface area contributed by atoms with Crippen molar-refractivity contribution < 1.29 is 20.4 Å². The maximum absolute atomic E-state index is 10.0. The zero-order chi connectivity index (χ0) is 19.7. The molecular formula is C24H18O4. The van der Waals surface area contributed by atoms with Crippen LogP contribution in [0.25, 0.3) is 33.4 Å². The molecule has 4 rings (SSSR count). The van der Waals surface area contributed by atoms with E-state index in [1.807, 2.05) is 48.5 Å². The summed E-state index contributed by atoms with van der Waals surface area (Å²) in [7, 11) is 0. The fourth-order valence-corrected chi connectivity index (χ4v) is 3.21. The molecule has 0 spiro atoms. The lowest BCUT2D eigenvalue weighted by Crippen LogP contribution is -1.83. The van der Waals surface area contributed by atoms with Crippen LogP contribution in [0.2, 0.25) is 0 Å². The molecule has 4 N–H and O–H groups in total. The van der Waals surface area contributed by atoms with Crippen LogP contribution >= 0.6 is 0 Å². The second kappa shape index (κ2) is 7.00. The molecule has 4 nitrogen and oxygen atoms in total. The Balaban J connectivity index is 1.63. The second-order valence-electron chi connectivity index (χ2n) is 6.50. The summed E-state index contributed by atoms with van der Waals surface area (Å²) < 4.78 is 0. The summed E-state index contributed by atoms with van der Waals surface area (Å²) >= 11 is 0. The van der Waals surface area contributed by atoms with Gasteiger partial charge in [-0.25, -0.2) is 0 Å². The van der Waals surface area contributed by atoms with E-state index in [1.54, 1.807) is 24.3 Å². The van der Waals surface area contributed by atoms with Gasteiger partial charge in [0.25, 0.3) is 0 Å². The number of para-hydroxylation sites is 2. The summed E-state index contributed by atoms with van der Waals surface area (Å²) in [5.41, 5.74) is 4.74. The largest absolute Gasteiger partial charge is 0.504 e. The van der Waals surface area contributed by atoms with Crippen molar-refractivity contribution in [3.63, 3.8) is 0 Å². The number of aromatic hydroxyl groups is 4. The average Bonchev–Trinajstić information content (AvgIpc) is 2.72. The van der Waals surface area contributed by atoms with Crippen molar-refractivity contribution in [3.05, 3.63) is 84.9 Å². The number of rotatable bonds is 3. The normalized spacial score (nSPS) is 10.7. The standard InChI is InChI=1S/C24H18O4/c25-21-5-1-3-19(23(21)27)17-11-7-15(8-12-17)16-9-13-18(14-10-16)20-4-2-6-22(26)24(20)28/h1-14,25-28H. The van der Waals surface area contributed by atoms with E-state index in [4.69, 9.17) is 0 Å². The summed E-state index contributed by atoms with van der Waals surface area (Å²) in [4.78, 5) is 0. The van der Waals surface area contributed by atoms with Gasteiger partial charge < -0.3 is 20.4 Å². The predicted octanol–water partition coefficient (Wildman–Crippen LogP) is 5.51. The molecule has 0 fully saturated rings. The Bertz CT molecular complexity index is 1040. The van der Waals surface area contributed by atoms with Crippen LogP contribution in [0.3, 0.4) is 0 Å². The van der Waals surface area contributed by atoms with E-state index in [9.17, 15) is 20.4 Å². The number of hydrogen-bond acceptors (Lipinski definition) is 4. The molecule has 0 aliphatic rings. The highest BCUT2D eigenvalue weighted by molar-refractivity contribution is 5.78. The molecule has 138 valence electrons. The monoisotopic (exact) mass is 370 g/mol. The third-order valence-electron chi connectivity index (χ3n) is 4.75. The van der Waals surface area contributed by atoms with Crippen molar-refractivity contribution >= 4 is 0 Å². The van der Waals surface area contributed by atoms with Gasteiger partial charge in [-0.2, -0.15) is 0 Å². The zero-order valence-electron chi connectivity index (χ0n) is 14.9. The Morgan fingerprint density at radius 2 is 0.679 bits per heavy atom. The summed E-state index contributed by atoms with van der Waals surface area (Å²) in [6.07, 6.45) is 0. The van der Waals surface area contributed by atoms with Gasteiger partial charge in [-0.1, -0.05) is 72.8 Å². The van der Waals surface area contributed by atoms with E-state index in [2.05, 4.69) is 0 Å². The number of phenols is 4. The molecule has 0 amide bonds. The minimum Gasteiger partial charge on any atom is -0.504 e. The number of phenolic OH excluding ortho intramolecular Hbond substituents is 4. The lowest BCUT2D eigenvalue weighted by atomic mass is 9.97. The fraction of sp³-hybridized carbons (Fsp3) is 0. The average molecular weight is 370 g/mol. The Hall–Kier alpha value is -3.92. The Morgan fingerprint density at radius 3 is 1.04 bits per heavy atom. The minimum absolute atomic E-state index is 0.134. The molecule has 0 radical (unpaired) electrons. The Labute approximate surface area is 162 Å². The summed E-state index contributed by atoms with van der Waals surface area (Å²) in [5, 5.41) is 39.4. The van der Waals surface area contributed by atoms with Crippen molar-refractivity contribution in [2.24, 2.45) is 0 Å². The van der Waals surface area contributed by atoms with Gasteiger partial charge in [0.1, 0.15) is 0 Å². The molecule has 0 aliphatic carbocycles. The van der Waals surface area contributed by atoms with E-state index < -0.39 is 0 Å². The van der Waals surface area contributed by atoms with Gasteiger partial charge in [0.15, 0.2) is 23.0 Å². The first-order valence-electron chi connectivity index (χ1n) is 8.78. The first-order chi connectivity index (χ1) is 13.5. The Kier molecular flexibility index (Phi) is 4.38. The van der Waals surface area contributed by atoms with Crippen molar-refractivity contribution in [1.29, 1.82) is 0 Å². The summed E-state index contributed by atoms with van der Waals surface area (Å²) in [5.74, 6) is -0.559. The quantitative estimate of drug-likeness (QED) is 0.359. The van der Waals surface area contributed by atoms with Crippen LogP contribution in [-0.4, -0.2) is 20.4 Å². The van der Waals surface area contributed by atoms with Crippen molar-refractivity contribution in [1.82, 2.24) is 0 Å². The lowest BCUT2D eigenvalue weighted by molar-refractivity contribution is 0.405. The van der Waals surface area contributed by atoms with Gasteiger partial charge in [0, 0.05) is 11.1 Å². The van der Waals surface area contributed by atoms with Crippen LogP contribution in [0, 0.1) is 0 Å². The van der Waals surface area contributed by atoms with E-state index in [0.717, 1.165) is 22.3 Å². The zero-order valence-corrected chi connectivity index (χ0v) is 14.9. The van der Waals surface area contributed by atoms with Crippen molar-refractivity contribution in [2.75, 3.05) is 0 Å². The topological polar surface area (TPSA) is 80.9 Å². The van der Waals surface area contributed by atoms with E-state index >= 15 is 0 Å². The minimum atomic E-state index is -0.146. The van der Waals surface area contributed by atoms with Gasteiger partial charge in [-0.05, 0) is 34.4 Å². The molecule has 0 bridgehead atoms. The summed E-state index contributed by atoms with van der Waals surface area (Å²) in [6, 6.07) is 25.1. The molecule has 0 aliphatic heterocycles. The van der Waals surface area contributed by atoms with Crippen molar-refractivity contribution in [2.45, 2.75) is 0 Å². The number of hydrogen-bond donors (Lipinski definition) is 4. The van der Waals surface area contributed by atoms with Crippen LogP contribution < -0.4 is 0 Å². The molecule has 0 aromatic heterocycles. The smallest absolute Gasteiger partial charge is 0.165 e. The maximum Gasteiger partial charge on any atom is 0.165 e. The second-order valence-corrected chi connectivity index (χ2v) is 6.50. The lowest BCUT2D eigenvalue weighted by Gasteiger charge is -2.09. The molecule has 0 heterocycles. The van der Waals surface area contributed by atoms with Crippen LogP contribution in [0.5, 0.6) is 23.0 Å². The van der Waals surface area contributed by atoms with Crippen molar-refractivity contribution in [3.8, 4) is 56.4 Å². The highest BCUT2D eigenvalue weighted by Crippen LogP contribution is 2.38. The van der Waals surface area contributed by atoms with E-state index in [-0.39, 0.29) is 23.0 Å². The van der Waals surface area contributed by atoms with Crippen LogP contribution in [-0.2, 0) is 0 Å². The molecule has 0 unspecified atom stereocenters. The Morgan fingerprint density at radius 1 is 0.357 bits per heavy atom. The van der Waals surface area contributed by atoms with Gasteiger partial charge in [0.05, 0.1) is 0 Å². The molecule has 4 heteroatoms. The summed E-state index contributed by atoms with van der Waals surface area (Å²) in [6.45, 7) is 0. The SMILES string of the molecule is Oc1cccc(-c2ccc(-c3ccc(-c4cccc(O)c4O)cc3)cc2)c1O. The molecular weight excluding hydrogens is 352 g/mol. The van der Waals surface area contributed by atoms with Gasteiger partial charge in [-0.15, -0.1) is 0 Å². The third-order valence-corrected chi connectivity index (χ3v) is 4.75. The van der Waals surface area contributed by atoms with Crippen LogP contribution in [0.4, 0.5) is 0 Å². The number of benzene rings is 4. The molecule has 0 atom stereocenters. The molecule has 0 saturated heterocycles.